The molecule has 3 rings (SSSR count). The Labute approximate surface area is 108 Å². The first-order valence-corrected chi connectivity index (χ1v) is 6.64. The summed E-state index contributed by atoms with van der Waals surface area (Å²) in [7, 11) is 0. The summed E-state index contributed by atoms with van der Waals surface area (Å²) in [6.07, 6.45) is 0.830. The maximum atomic E-state index is 13.3. The number of carbonyl (C=O) groups is 1. The summed E-state index contributed by atoms with van der Waals surface area (Å²) in [5.74, 6) is 0.707. The summed E-state index contributed by atoms with van der Waals surface area (Å²) in [4.78, 5) is 15.7. The van der Waals surface area contributed by atoms with Gasteiger partial charge >= 0.3 is 0 Å². The van der Waals surface area contributed by atoms with Crippen LogP contribution in [-0.4, -0.2) is 21.6 Å². The number of hydrogen-bond donors (Lipinski definition) is 0. The van der Waals surface area contributed by atoms with Crippen LogP contribution >= 0.6 is 11.8 Å². The fourth-order valence-corrected chi connectivity index (χ4v) is 3.08. The Morgan fingerprint density at radius 1 is 1.50 bits per heavy atom. The number of aldehydes is 1. The maximum absolute atomic E-state index is 13.3. The highest BCUT2D eigenvalue weighted by molar-refractivity contribution is 7.99. The molecule has 0 N–H and O–H groups in total. The van der Waals surface area contributed by atoms with E-state index in [2.05, 4.69) is 4.98 Å². The number of benzene rings is 1. The molecule has 18 heavy (non-hydrogen) atoms. The molecule has 5 heteroatoms. The number of hydrogen-bond acceptors (Lipinski definition) is 3. The number of aromatic nitrogens is 2. The third-order valence-corrected chi connectivity index (χ3v) is 4.02. The molecule has 1 aliphatic rings. The predicted molar refractivity (Wildman–Crippen MR) is 68.5 cm³/mol. The second-order valence-corrected chi connectivity index (χ2v) is 5.27. The summed E-state index contributed by atoms with van der Waals surface area (Å²) < 4.78 is 15.2. The van der Waals surface area contributed by atoms with Gasteiger partial charge in [-0.3, -0.25) is 4.79 Å². The third-order valence-electron chi connectivity index (χ3n) is 3.06. The smallest absolute Gasteiger partial charge is 0.169 e. The average Bonchev–Trinajstić information content (AvgIpc) is 2.92. The van der Waals surface area contributed by atoms with Crippen molar-refractivity contribution in [1.82, 2.24) is 9.55 Å². The molecule has 0 bridgehead atoms. The van der Waals surface area contributed by atoms with Crippen molar-refractivity contribution in [2.24, 2.45) is 0 Å². The lowest BCUT2D eigenvalue weighted by Crippen LogP contribution is -2.00. The van der Waals surface area contributed by atoms with Gasteiger partial charge in [0.1, 0.15) is 17.2 Å². The van der Waals surface area contributed by atoms with Gasteiger partial charge in [0.2, 0.25) is 0 Å². The number of imidazole rings is 1. The number of halogens is 1. The van der Waals surface area contributed by atoms with Crippen LogP contribution in [0.5, 0.6) is 0 Å². The summed E-state index contributed by atoms with van der Waals surface area (Å²) >= 11 is 1.64. The quantitative estimate of drug-likeness (QED) is 0.780. The Hall–Kier alpha value is -1.62. The molecule has 2 heterocycles. The molecule has 1 aliphatic heterocycles. The van der Waals surface area contributed by atoms with E-state index >= 15 is 0 Å². The fraction of sp³-hybridized carbons (Fsp3) is 0.231. The monoisotopic (exact) mass is 262 g/mol. The summed E-state index contributed by atoms with van der Waals surface area (Å²) in [5.41, 5.74) is 2.58. The van der Waals surface area contributed by atoms with Gasteiger partial charge in [0.05, 0.1) is 0 Å². The van der Waals surface area contributed by atoms with Gasteiger partial charge in [0, 0.05) is 17.9 Å². The second kappa shape index (κ2) is 4.24. The van der Waals surface area contributed by atoms with Crippen molar-refractivity contribution in [3.05, 3.63) is 35.3 Å². The van der Waals surface area contributed by atoms with Gasteiger partial charge in [-0.1, -0.05) is 11.8 Å². The molecule has 2 aromatic rings. The highest BCUT2D eigenvalue weighted by Gasteiger charge is 2.22. The fourth-order valence-electron chi connectivity index (χ4n) is 2.12. The van der Waals surface area contributed by atoms with Crippen LogP contribution in [0.2, 0.25) is 0 Å². The molecular formula is C13H11FN2OS. The van der Waals surface area contributed by atoms with E-state index in [1.54, 1.807) is 30.8 Å². The van der Waals surface area contributed by atoms with E-state index in [1.165, 1.54) is 6.07 Å². The first-order chi connectivity index (χ1) is 8.70. The van der Waals surface area contributed by atoms with E-state index in [1.807, 2.05) is 4.57 Å². The zero-order valence-electron chi connectivity index (χ0n) is 9.81. The van der Waals surface area contributed by atoms with Gasteiger partial charge in [0.25, 0.3) is 0 Å². The predicted octanol–water partition coefficient (Wildman–Crippen LogP) is 2.92. The molecular weight excluding hydrogens is 251 g/mol. The maximum Gasteiger partial charge on any atom is 0.169 e. The molecule has 0 radical (unpaired) electrons. The molecule has 1 aromatic heterocycles. The van der Waals surface area contributed by atoms with E-state index in [-0.39, 0.29) is 5.82 Å². The third kappa shape index (κ3) is 1.66. The molecule has 3 nitrogen and oxygen atoms in total. The minimum Gasteiger partial charge on any atom is -0.315 e. The Balaban J connectivity index is 2.17. The first-order valence-electron chi connectivity index (χ1n) is 5.65. The molecule has 0 aliphatic carbocycles. The number of rotatable bonds is 2. The van der Waals surface area contributed by atoms with Crippen molar-refractivity contribution < 1.29 is 9.18 Å². The number of fused-ring (bicyclic) bond motifs is 1. The number of aryl methyl sites for hydroxylation is 1. The van der Waals surface area contributed by atoms with Crippen molar-refractivity contribution in [3.8, 4) is 11.3 Å². The number of carbonyl (C=O) groups excluding carboxylic acids is 1. The standard InChI is InChI=1S/C13H11FN2OS/c1-8-6-9(2-3-10(8)14)12-11(7-17)16-4-5-18-13(16)15-12/h2-3,6-7H,4-5H2,1H3. The van der Waals surface area contributed by atoms with E-state index < -0.39 is 0 Å². The van der Waals surface area contributed by atoms with Crippen molar-refractivity contribution in [2.75, 3.05) is 5.75 Å². The van der Waals surface area contributed by atoms with Crippen LogP contribution in [-0.2, 0) is 6.54 Å². The van der Waals surface area contributed by atoms with Gasteiger partial charge in [-0.25, -0.2) is 9.37 Å². The van der Waals surface area contributed by atoms with Crippen LogP contribution in [0.25, 0.3) is 11.3 Å². The lowest BCUT2D eigenvalue weighted by Gasteiger charge is -2.03. The lowest BCUT2D eigenvalue weighted by atomic mass is 10.1. The van der Waals surface area contributed by atoms with E-state index in [4.69, 9.17) is 0 Å². The van der Waals surface area contributed by atoms with Gasteiger partial charge in [-0.15, -0.1) is 0 Å². The van der Waals surface area contributed by atoms with E-state index in [9.17, 15) is 9.18 Å². The summed E-state index contributed by atoms with van der Waals surface area (Å²) in [6.45, 7) is 2.51. The van der Waals surface area contributed by atoms with Gasteiger partial charge < -0.3 is 4.57 Å². The minimum absolute atomic E-state index is 0.243. The molecule has 1 aromatic carbocycles. The van der Waals surface area contributed by atoms with Gasteiger partial charge in [-0.2, -0.15) is 0 Å². The molecule has 0 fully saturated rings. The van der Waals surface area contributed by atoms with Crippen molar-refractivity contribution in [2.45, 2.75) is 18.6 Å². The lowest BCUT2D eigenvalue weighted by molar-refractivity contribution is 0.111. The first kappa shape index (κ1) is 11.5. The largest absolute Gasteiger partial charge is 0.315 e. The number of thioether (sulfide) groups is 1. The Morgan fingerprint density at radius 2 is 2.33 bits per heavy atom. The molecule has 0 saturated heterocycles. The molecule has 0 amide bonds. The summed E-state index contributed by atoms with van der Waals surface area (Å²) in [5, 5.41) is 0.870. The van der Waals surface area contributed by atoms with Crippen molar-refractivity contribution in [3.63, 3.8) is 0 Å². The van der Waals surface area contributed by atoms with Crippen LogP contribution in [0.4, 0.5) is 4.39 Å². The van der Waals surface area contributed by atoms with Crippen LogP contribution in [0.15, 0.2) is 23.4 Å². The van der Waals surface area contributed by atoms with Gasteiger partial charge in [-0.05, 0) is 30.7 Å². The van der Waals surface area contributed by atoms with E-state index in [0.29, 0.717) is 17.0 Å². The molecule has 0 atom stereocenters. The summed E-state index contributed by atoms with van der Waals surface area (Å²) in [6, 6.07) is 4.81. The van der Waals surface area contributed by atoms with Crippen LogP contribution in [0.1, 0.15) is 16.1 Å². The minimum atomic E-state index is -0.243. The molecule has 0 unspecified atom stereocenters. The Kier molecular flexibility index (Phi) is 2.70. The van der Waals surface area contributed by atoms with Crippen LogP contribution < -0.4 is 0 Å². The molecule has 92 valence electrons. The topological polar surface area (TPSA) is 34.9 Å². The highest BCUT2D eigenvalue weighted by Crippen LogP contribution is 2.32. The zero-order chi connectivity index (χ0) is 12.7. The van der Waals surface area contributed by atoms with Crippen molar-refractivity contribution >= 4 is 18.0 Å². The SMILES string of the molecule is Cc1cc(-c2nc3n(c2C=O)CCS3)ccc1F. The average molecular weight is 262 g/mol. The Morgan fingerprint density at radius 3 is 3.06 bits per heavy atom. The second-order valence-electron chi connectivity index (χ2n) is 4.21. The Bertz CT molecular complexity index is 636. The number of nitrogens with zero attached hydrogens (tertiary/aromatic N) is 2. The van der Waals surface area contributed by atoms with Crippen LogP contribution in [0.3, 0.4) is 0 Å². The zero-order valence-corrected chi connectivity index (χ0v) is 10.6. The highest BCUT2D eigenvalue weighted by atomic mass is 32.2. The molecule has 0 spiro atoms. The van der Waals surface area contributed by atoms with Gasteiger partial charge in [0.15, 0.2) is 11.4 Å². The van der Waals surface area contributed by atoms with E-state index in [0.717, 1.165) is 29.3 Å². The normalized spacial score (nSPS) is 13.7. The van der Waals surface area contributed by atoms with Crippen molar-refractivity contribution in [1.29, 1.82) is 0 Å². The van der Waals surface area contributed by atoms with Crippen LogP contribution in [0, 0.1) is 12.7 Å². The molecule has 0 saturated carbocycles.